The van der Waals surface area contributed by atoms with Gasteiger partial charge in [-0.25, -0.2) is 0 Å². The monoisotopic (exact) mass is 495 g/mol. The number of fused-ring (bicyclic) bond motifs is 1. The van der Waals surface area contributed by atoms with E-state index in [0.29, 0.717) is 44.6 Å². The number of carbonyl (C=O) groups is 2. The van der Waals surface area contributed by atoms with Crippen molar-refractivity contribution >= 4 is 22.7 Å². The third kappa shape index (κ3) is 5.38. The van der Waals surface area contributed by atoms with Gasteiger partial charge in [0.25, 0.3) is 5.91 Å². The highest BCUT2D eigenvalue weighted by Crippen LogP contribution is 2.32. The predicted octanol–water partition coefficient (Wildman–Crippen LogP) is 5.46. The number of nitrogens with one attached hydrogen (secondary N) is 1. The molecule has 1 N–H and O–H groups in total. The molecule has 6 heteroatoms. The van der Waals surface area contributed by atoms with Crippen LogP contribution in [0.25, 0.3) is 22.2 Å². The van der Waals surface area contributed by atoms with Gasteiger partial charge >= 0.3 is 0 Å². The first-order chi connectivity index (χ1) is 18.0. The summed E-state index contributed by atoms with van der Waals surface area (Å²) in [6.45, 7) is 4.46. The van der Waals surface area contributed by atoms with E-state index in [2.05, 4.69) is 17.1 Å². The number of aromatic nitrogens is 1. The molecule has 5 rings (SSSR count). The maximum Gasteiger partial charge on any atom is 0.253 e. The van der Waals surface area contributed by atoms with E-state index in [1.165, 1.54) is 0 Å². The third-order valence-electron chi connectivity index (χ3n) is 7.18. The van der Waals surface area contributed by atoms with Crippen LogP contribution in [0.1, 0.15) is 34.3 Å². The Balaban J connectivity index is 1.28. The summed E-state index contributed by atoms with van der Waals surface area (Å²) in [4.78, 5) is 33.7. The summed E-state index contributed by atoms with van der Waals surface area (Å²) >= 11 is 0. The molecule has 6 nitrogen and oxygen atoms in total. The van der Waals surface area contributed by atoms with Gasteiger partial charge in [0.2, 0.25) is 5.91 Å². The standard InChI is InChI=1S/C31H33N3O3/c1-22-7-5-8-24(21-22)31(36)34-18-6-17-33(19-20-34)29(35)16-15-27-26-9-3-4-10-28(26)32-30(27)23-11-13-25(37-2)14-12-23/h3-5,7-14,21,32H,6,15-20H2,1-2H3. The van der Waals surface area contributed by atoms with Crippen molar-refractivity contribution in [2.45, 2.75) is 26.2 Å². The molecule has 2 heterocycles. The van der Waals surface area contributed by atoms with E-state index in [9.17, 15) is 9.59 Å². The maximum atomic E-state index is 13.3. The molecule has 2 amide bonds. The van der Waals surface area contributed by atoms with Gasteiger partial charge in [-0.1, -0.05) is 35.9 Å². The summed E-state index contributed by atoms with van der Waals surface area (Å²) in [5, 5.41) is 1.15. The SMILES string of the molecule is COc1ccc(-c2[nH]c3ccccc3c2CCC(=O)N2CCCN(C(=O)c3cccc(C)c3)CC2)cc1. The highest BCUT2D eigenvalue weighted by atomic mass is 16.5. The van der Waals surface area contributed by atoms with E-state index >= 15 is 0 Å². The Hall–Kier alpha value is -4.06. The smallest absolute Gasteiger partial charge is 0.253 e. The van der Waals surface area contributed by atoms with Crippen LogP contribution >= 0.6 is 0 Å². The number of benzene rings is 3. The minimum atomic E-state index is 0.0425. The summed E-state index contributed by atoms with van der Waals surface area (Å²) < 4.78 is 5.32. The number of H-pyrrole nitrogens is 1. The van der Waals surface area contributed by atoms with Crippen molar-refractivity contribution in [1.29, 1.82) is 0 Å². The highest BCUT2D eigenvalue weighted by molar-refractivity contribution is 5.94. The molecule has 0 bridgehead atoms. The fraction of sp³-hybridized carbons (Fsp3) is 0.290. The lowest BCUT2D eigenvalue weighted by Crippen LogP contribution is -2.37. The molecule has 3 aromatic carbocycles. The molecule has 4 aromatic rings. The normalized spacial score (nSPS) is 14.0. The number of aryl methyl sites for hydroxylation is 2. The van der Waals surface area contributed by atoms with E-state index in [-0.39, 0.29) is 11.8 Å². The molecule has 0 unspecified atom stereocenters. The Kier molecular flexibility index (Phi) is 7.26. The molecule has 1 aromatic heterocycles. The molecule has 0 spiro atoms. The van der Waals surface area contributed by atoms with Crippen molar-refractivity contribution in [1.82, 2.24) is 14.8 Å². The third-order valence-corrected chi connectivity index (χ3v) is 7.18. The fourth-order valence-electron chi connectivity index (χ4n) is 5.18. The quantitative estimate of drug-likeness (QED) is 0.386. The van der Waals surface area contributed by atoms with Gasteiger partial charge in [-0.2, -0.15) is 0 Å². The lowest BCUT2D eigenvalue weighted by Gasteiger charge is -2.22. The molecule has 1 aliphatic rings. The second kappa shape index (κ2) is 10.9. The van der Waals surface area contributed by atoms with Crippen molar-refractivity contribution in [3.05, 3.63) is 89.5 Å². The molecule has 1 aliphatic heterocycles. The summed E-state index contributed by atoms with van der Waals surface area (Å²) in [6.07, 6.45) is 1.86. The summed E-state index contributed by atoms with van der Waals surface area (Å²) in [5.41, 5.74) is 6.12. The number of ether oxygens (including phenoxy) is 1. The van der Waals surface area contributed by atoms with E-state index in [1.807, 2.05) is 77.4 Å². The first-order valence-corrected chi connectivity index (χ1v) is 12.9. The van der Waals surface area contributed by atoms with Gasteiger partial charge in [0.15, 0.2) is 0 Å². The average Bonchev–Trinajstić information content (AvgIpc) is 3.11. The lowest BCUT2D eigenvalue weighted by atomic mass is 10.0. The van der Waals surface area contributed by atoms with Crippen molar-refractivity contribution in [3.63, 3.8) is 0 Å². The predicted molar refractivity (Wildman–Crippen MR) is 147 cm³/mol. The lowest BCUT2D eigenvalue weighted by molar-refractivity contribution is -0.131. The van der Waals surface area contributed by atoms with E-state index < -0.39 is 0 Å². The van der Waals surface area contributed by atoms with Crippen molar-refractivity contribution in [3.8, 4) is 17.0 Å². The van der Waals surface area contributed by atoms with Crippen molar-refractivity contribution in [2.24, 2.45) is 0 Å². The second-order valence-corrected chi connectivity index (χ2v) is 9.65. The Labute approximate surface area is 217 Å². The summed E-state index contributed by atoms with van der Waals surface area (Å²) in [6, 6.07) is 23.9. The van der Waals surface area contributed by atoms with Gasteiger partial charge in [-0.05, 0) is 73.4 Å². The Morgan fingerprint density at radius 3 is 2.43 bits per heavy atom. The van der Waals surface area contributed by atoms with Gasteiger partial charge < -0.3 is 19.5 Å². The first-order valence-electron chi connectivity index (χ1n) is 12.9. The number of methoxy groups -OCH3 is 1. The summed E-state index contributed by atoms with van der Waals surface area (Å²) in [5.74, 6) is 0.990. The summed E-state index contributed by atoms with van der Waals surface area (Å²) in [7, 11) is 1.66. The molecule has 1 saturated heterocycles. The number of rotatable bonds is 6. The fourth-order valence-corrected chi connectivity index (χ4v) is 5.18. The van der Waals surface area contributed by atoms with Crippen molar-refractivity contribution < 1.29 is 14.3 Å². The molecule has 0 radical (unpaired) electrons. The van der Waals surface area contributed by atoms with Crippen LogP contribution in [-0.4, -0.2) is 59.9 Å². The maximum absolute atomic E-state index is 13.3. The van der Waals surface area contributed by atoms with Gasteiger partial charge in [-0.3, -0.25) is 9.59 Å². The number of carbonyl (C=O) groups excluding carboxylic acids is 2. The second-order valence-electron chi connectivity index (χ2n) is 9.65. The van der Waals surface area contributed by atoms with Crippen LogP contribution < -0.4 is 4.74 Å². The van der Waals surface area contributed by atoms with E-state index in [1.54, 1.807) is 7.11 Å². The zero-order chi connectivity index (χ0) is 25.8. The topological polar surface area (TPSA) is 65.6 Å². The average molecular weight is 496 g/mol. The van der Waals surface area contributed by atoms with Crippen LogP contribution in [0.2, 0.25) is 0 Å². The molecule has 0 aliphatic carbocycles. The number of aromatic amines is 1. The zero-order valence-corrected chi connectivity index (χ0v) is 21.5. The van der Waals surface area contributed by atoms with Crippen LogP contribution in [0, 0.1) is 6.92 Å². The molecule has 190 valence electrons. The highest BCUT2D eigenvalue weighted by Gasteiger charge is 2.23. The van der Waals surface area contributed by atoms with Crippen LogP contribution in [0.5, 0.6) is 5.75 Å². The van der Waals surface area contributed by atoms with Crippen LogP contribution in [-0.2, 0) is 11.2 Å². The van der Waals surface area contributed by atoms with Gasteiger partial charge in [0.1, 0.15) is 5.75 Å². The van der Waals surface area contributed by atoms with Gasteiger partial charge in [0.05, 0.1) is 7.11 Å². The molecule has 0 atom stereocenters. The number of nitrogens with zero attached hydrogens (tertiary/aromatic N) is 2. The number of para-hydroxylation sites is 1. The number of amides is 2. The van der Waals surface area contributed by atoms with Crippen molar-refractivity contribution in [2.75, 3.05) is 33.3 Å². The zero-order valence-electron chi connectivity index (χ0n) is 21.5. The van der Waals surface area contributed by atoms with Gasteiger partial charge in [-0.15, -0.1) is 0 Å². The number of hydrogen-bond acceptors (Lipinski definition) is 3. The molecule has 0 saturated carbocycles. The minimum Gasteiger partial charge on any atom is -0.497 e. The minimum absolute atomic E-state index is 0.0425. The molecular formula is C31H33N3O3. The Morgan fingerprint density at radius 2 is 1.65 bits per heavy atom. The Morgan fingerprint density at radius 1 is 0.892 bits per heavy atom. The molecule has 1 fully saturated rings. The Bertz CT molecular complexity index is 1410. The van der Waals surface area contributed by atoms with Crippen LogP contribution in [0.15, 0.2) is 72.8 Å². The van der Waals surface area contributed by atoms with E-state index in [0.717, 1.165) is 45.5 Å². The number of hydrogen-bond donors (Lipinski definition) is 1. The van der Waals surface area contributed by atoms with E-state index in [4.69, 9.17) is 4.74 Å². The molecular weight excluding hydrogens is 462 g/mol. The molecule has 37 heavy (non-hydrogen) atoms. The van der Waals surface area contributed by atoms with Gasteiger partial charge in [0, 0.05) is 54.8 Å². The first kappa shape index (κ1) is 24.6. The van der Waals surface area contributed by atoms with Crippen LogP contribution in [0.3, 0.4) is 0 Å². The largest absolute Gasteiger partial charge is 0.497 e. The van der Waals surface area contributed by atoms with Crippen LogP contribution in [0.4, 0.5) is 0 Å².